The average Bonchev–Trinajstić information content (AvgIpc) is 2.86. The molecule has 18 heavy (non-hydrogen) atoms. The molecule has 2 atom stereocenters. The molecule has 0 amide bonds. The van der Waals surface area contributed by atoms with Crippen LogP contribution in [0.5, 0.6) is 0 Å². The van der Waals surface area contributed by atoms with Gasteiger partial charge < -0.3 is 10.1 Å². The topological polar surface area (TPSA) is 48.3 Å². The number of hydrogen-bond acceptors (Lipinski definition) is 4. The highest BCUT2D eigenvalue weighted by atomic mass is 16.5. The van der Waals surface area contributed by atoms with Crippen LogP contribution < -0.4 is 5.32 Å². The summed E-state index contributed by atoms with van der Waals surface area (Å²) in [5, 5.41) is 12.6. The number of ether oxygens (including phenoxy) is 1. The molecule has 0 bridgehead atoms. The summed E-state index contributed by atoms with van der Waals surface area (Å²) in [4.78, 5) is 2.43. The Bertz CT molecular complexity index is 332. The summed E-state index contributed by atoms with van der Waals surface area (Å²) >= 11 is 0. The molecule has 2 heterocycles. The predicted octanol–water partition coefficient (Wildman–Crippen LogP) is 1.28. The minimum absolute atomic E-state index is 0.0558. The standard InChI is InChI=1S/C14H23N3O/c15-10-13-11-16-6-7-17(13)12-3-8-18-14(9-12)4-1-2-5-14/h12-13,16H,1-9,11H2. The zero-order chi connectivity index (χ0) is 12.4. The number of piperazine rings is 1. The maximum atomic E-state index is 9.29. The minimum Gasteiger partial charge on any atom is -0.375 e. The molecular weight excluding hydrogens is 226 g/mol. The van der Waals surface area contributed by atoms with E-state index in [1.807, 2.05) is 0 Å². The number of nitrogens with one attached hydrogen (secondary N) is 1. The fourth-order valence-corrected chi connectivity index (χ4v) is 3.93. The van der Waals surface area contributed by atoms with Gasteiger partial charge in [0.1, 0.15) is 6.04 Å². The highest BCUT2D eigenvalue weighted by Crippen LogP contribution is 2.41. The summed E-state index contributed by atoms with van der Waals surface area (Å²) < 4.78 is 6.09. The lowest BCUT2D eigenvalue weighted by Gasteiger charge is -2.45. The molecule has 1 N–H and O–H groups in total. The van der Waals surface area contributed by atoms with Crippen molar-refractivity contribution >= 4 is 0 Å². The van der Waals surface area contributed by atoms with E-state index in [-0.39, 0.29) is 11.6 Å². The zero-order valence-electron chi connectivity index (χ0n) is 11.0. The SMILES string of the molecule is N#CC1CNCCN1C1CCOC2(CCCC2)C1. The first-order valence-corrected chi connectivity index (χ1v) is 7.33. The van der Waals surface area contributed by atoms with Gasteiger partial charge in [-0.2, -0.15) is 5.26 Å². The van der Waals surface area contributed by atoms with E-state index in [2.05, 4.69) is 16.3 Å². The molecule has 1 saturated carbocycles. The van der Waals surface area contributed by atoms with Crippen LogP contribution in [0.4, 0.5) is 0 Å². The van der Waals surface area contributed by atoms with Gasteiger partial charge >= 0.3 is 0 Å². The first kappa shape index (κ1) is 12.4. The summed E-state index contributed by atoms with van der Waals surface area (Å²) in [5.41, 5.74) is 0.161. The van der Waals surface area contributed by atoms with E-state index in [1.165, 1.54) is 25.7 Å². The number of nitriles is 1. The highest BCUT2D eigenvalue weighted by molar-refractivity contribution is 5.02. The first-order valence-electron chi connectivity index (χ1n) is 7.33. The lowest BCUT2D eigenvalue weighted by molar-refractivity contribution is -0.106. The molecule has 4 nitrogen and oxygen atoms in total. The lowest BCUT2D eigenvalue weighted by Crippen LogP contribution is -2.57. The van der Waals surface area contributed by atoms with Crippen LogP contribution in [0.3, 0.4) is 0 Å². The van der Waals surface area contributed by atoms with Crippen molar-refractivity contribution in [1.29, 1.82) is 5.26 Å². The fraction of sp³-hybridized carbons (Fsp3) is 0.929. The molecule has 0 radical (unpaired) electrons. The maximum absolute atomic E-state index is 9.29. The first-order chi connectivity index (χ1) is 8.83. The molecule has 1 spiro atoms. The van der Waals surface area contributed by atoms with E-state index < -0.39 is 0 Å². The Morgan fingerprint density at radius 2 is 2.17 bits per heavy atom. The Morgan fingerprint density at radius 3 is 2.94 bits per heavy atom. The van der Waals surface area contributed by atoms with Gasteiger partial charge in [-0.05, 0) is 25.7 Å². The molecule has 3 fully saturated rings. The third kappa shape index (κ3) is 2.27. The molecule has 0 aromatic heterocycles. The fourth-order valence-electron chi connectivity index (χ4n) is 3.93. The van der Waals surface area contributed by atoms with E-state index >= 15 is 0 Å². The molecule has 2 aliphatic heterocycles. The van der Waals surface area contributed by atoms with Crippen LogP contribution in [-0.2, 0) is 4.74 Å². The van der Waals surface area contributed by atoms with Gasteiger partial charge in [0.2, 0.25) is 0 Å². The van der Waals surface area contributed by atoms with Crippen LogP contribution in [0.2, 0.25) is 0 Å². The van der Waals surface area contributed by atoms with Crippen molar-refractivity contribution in [3.05, 3.63) is 0 Å². The van der Waals surface area contributed by atoms with Gasteiger partial charge in [-0.3, -0.25) is 4.90 Å². The predicted molar refractivity (Wildman–Crippen MR) is 69.1 cm³/mol. The molecule has 2 unspecified atom stereocenters. The summed E-state index contributed by atoms with van der Waals surface area (Å²) in [7, 11) is 0. The van der Waals surface area contributed by atoms with E-state index in [1.54, 1.807) is 0 Å². The van der Waals surface area contributed by atoms with E-state index in [0.29, 0.717) is 6.04 Å². The minimum atomic E-state index is 0.0558. The normalized spacial score (nSPS) is 36.6. The summed E-state index contributed by atoms with van der Waals surface area (Å²) in [6.07, 6.45) is 7.33. The molecular formula is C14H23N3O. The van der Waals surface area contributed by atoms with Gasteiger partial charge in [0.15, 0.2) is 0 Å². The van der Waals surface area contributed by atoms with Gasteiger partial charge in [-0.25, -0.2) is 0 Å². The van der Waals surface area contributed by atoms with E-state index in [0.717, 1.165) is 39.1 Å². The van der Waals surface area contributed by atoms with Gasteiger partial charge in [0.05, 0.1) is 11.7 Å². The Balaban J connectivity index is 1.69. The van der Waals surface area contributed by atoms with Crippen molar-refractivity contribution in [2.24, 2.45) is 0 Å². The molecule has 3 rings (SSSR count). The lowest BCUT2D eigenvalue weighted by atomic mass is 9.87. The second kappa shape index (κ2) is 5.16. The molecule has 3 aliphatic rings. The van der Waals surface area contributed by atoms with Gasteiger partial charge in [0.25, 0.3) is 0 Å². The van der Waals surface area contributed by atoms with Gasteiger partial charge in [-0.1, -0.05) is 12.8 Å². The smallest absolute Gasteiger partial charge is 0.111 e. The summed E-state index contributed by atoms with van der Waals surface area (Å²) in [5.74, 6) is 0. The average molecular weight is 249 g/mol. The van der Waals surface area contributed by atoms with Crippen molar-refractivity contribution in [3.8, 4) is 6.07 Å². The monoisotopic (exact) mass is 249 g/mol. The van der Waals surface area contributed by atoms with Crippen molar-refractivity contribution in [1.82, 2.24) is 10.2 Å². The van der Waals surface area contributed by atoms with Crippen LogP contribution in [0.1, 0.15) is 38.5 Å². The Labute approximate surface area is 109 Å². The molecule has 0 aromatic rings. The molecule has 4 heteroatoms. The summed E-state index contributed by atoms with van der Waals surface area (Å²) in [6.45, 7) is 3.73. The second-order valence-electron chi connectivity index (χ2n) is 5.97. The number of nitrogens with zero attached hydrogens (tertiary/aromatic N) is 2. The van der Waals surface area contributed by atoms with Crippen LogP contribution in [0.15, 0.2) is 0 Å². The molecule has 2 saturated heterocycles. The van der Waals surface area contributed by atoms with Crippen LogP contribution in [0, 0.1) is 11.3 Å². The van der Waals surface area contributed by atoms with E-state index in [9.17, 15) is 5.26 Å². The Morgan fingerprint density at radius 1 is 1.33 bits per heavy atom. The highest BCUT2D eigenvalue weighted by Gasteiger charge is 2.42. The Kier molecular flexibility index (Phi) is 3.56. The van der Waals surface area contributed by atoms with Crippen molar-refractivity contribution in [3.63, 3.8) is 0 Å². The molecule has 100 valence electrons. The second-order valence-corrected chi connectivity index (χ2v) is 5.97. The number of rotatable bonds is 1. The molecule has 0 aromatic carbocycles. The molecule has 1 aliphatic carbocycles. The Hall–Kier alpha value is -0.630. The quantitative estimate of drug-likeness (QED) is 0.760. The van der Waals surface area contributed by atoms with E-state index in [4.69, 9.17) is 4.74 Å². The van der Waals surface area contributed by atoms with Crippen molar-refractivity contribution < 1.29 is 4.74 Å². The zero-order valence-corrected chi connectivity index (χ0v) is 11.0. The van der Waals surface area contributed by atoms with Crippen molar-refractivity contribution in [2.75, 3.05) is 26.2 Å². The largest absolute Gasteiger partial charge is 0.375 e. The van der Waals surface area contributed by atoms with Crippen LogP contribution in [0.25, 0.3) is 0 Å². The van der Waals surface area contributed by atoms with Crippen molar-refractivity contribution in [2.45, 2.75) is 56.2 Å². The van der Waals surface area contributed by atoms with Crippen LogP contribution in [-0.4, -0.2) is 48.8 Å². The van der Waals surface area contributed by atoms with Crippen LogP contribution >= 0.6 is 0 Å². The maximum Gasteiger partial charge on any atom is 0.111 e. The third-order valence-corrected chi connectivity index (χ3v) is 4.88. The number of hydrogen-bond donors (Lipinski definition) is 1. The van der Waals surface area contributed by atoms with Gasteiger partial charge in [0, 0.05) is 32.3 Å². The third-order valence-electron chi connectivity index (χ3n) is 4.88. The summed E-state index contributed by atoms with van der Waals surface area (Å²) in [6, 6.07) is 3.07. The van der Waals surface area contributed by atoms with Gasteiger partial charge in [-0.15, -0.1) is 0 Å².